The predicted molar refractivity (Wildman–Crippen MR) is 137 cm³/mol. The number of carbonyl (C=O) groups is 2. The highest BCUT2D eigenvalue weighted by Gasteiger charge is 2.32. The highest BCUT2D eigenvalue weighted by Crippen LogP contribution is 2.30. The zero-order chi connectivity index (χ0) is 24.1. The lowest BCUT2D eigenvalue weighted by atomic mass is 10.0. The molecule has 0 radical (unpaired) electrons. The molecule has 0 aromatic heterocycles. The summed E-state index contributed by atoms with van der Waals surface area (Å²) >= 11 is 1.16. The van der Waals surface area contributed by atoms with Crippen LogP contribution in [0.5, 0.6) is 0 Å². The van der Waals surface area contributed by atoms with Gasteiger partial charge in [-0.3, -0.25) is 14.5 Å². The van der Waals surface area contributed by atoms with Crippen LogP contribution in [0.4, 0.5) is 15.8 Å². The monoisotopic (exact) mass is 473 g/mol. The van der Waals surface area contributed by atoms with Gasteiger partial charge in [0.1, 0.15) is 11.5 Å². The van der Waals surface area contributed by atoms with E-state index in [1.165, 1.54) is 29.2 Å². The Morgan fingerprint density at radius 3 is 2.41 bits per heavy atom. The number of rotatable bonds is 6. The van der Waals surface area contributed by atoms with Crippen LogP contribution in [0.1, 0.15) is 30.9 Å². The molecule has 1 aliphatic rings. The molecule has 0 bridgehead atoms. The number of benzene rings is 3. The number of hydrogen-bond donors (Lipinski definition) is 1. The number of amides is 2. The van der Waals surface area contributed by atoms with E-state index in [1.807, 2.05) is 54.6 Å². The van der Waals surface area contributed by atoms with E-state index in [0.29, 0.717) is 10.9 Å². The minimum absolute atomic E-state index is 0.0643. The highest BCUT2D eigenvalue weighted by atomic mass is 32.2. The molecule has 0 saturated heterocycles. The summed E-state index contributed by atoms with van der Waals surface area (Å²) in [4.78, 5) is 31.9. The Labute approximate surface area is 202 Å². The summed E-state index contributed by atoms with van der Waals surface area (Å²) < 4.78 is 13.5. The fraction of sp³-hybridized carbons (Fsp3) is 0.148. The summed E-state index contributed by atoms with van der Waals surface area (Å²) in [6.45, 7) is 4.14. The Bertz CT molecular complexity index is 1250. The molecule has 3 aromatic carbocycles. The Morgan fingerprint density at radius 2 is 1.71 bits per heavy atom. The second-order valence-corrected chi connectivity index (χ2v) is 8.97. The van der Waals surface area contributed by atoms with Gasteiger partial charge in [0, 0.05) is 5.69 Å². The van der Waals surface area contributed by atoms with E-state index in [1.54, 1.807) is 6.08 Å². The summed E-state index contributed by atoms with van der Waals surface area (Å²) in [6.07, 6.45) is 1.70. The zero-order valence-corrected chi connectivity index (χ0v) is 19.7. The number of amidine groups is 1. The van der Waals surface area contributed by atoms with E-state index < -0.39 is 5.82 Å². The summed E-state index contributed by atoms with van der Waals surface area (Å²) in [5.41, 5.74) is 3.40. The standard InChI is InChI=1S/C27H24FN3O2S/c1-18(2)22-10-6-7-11-23(22)29-25(32)17-34-27-30-24(16-19-8-4-3-5-9-19)26(33)31(27)21-14-12-20(28)13-15-21/h3-16,18H,17H2,1-2H3,(H,29,32)/b24-16-. The summed E-state index contributed by atoms with van der Waals surface area (Å²) in [5.74, 6) is -0.601. The Kier molecular flexibility index (Phi) is 7.23. The van der Waals surface area contributed by atoms with E-state index >= 15 is 0 Å². The molecule has 172 valence electrons. The lowest BCUT2D eigenvalue weighted by Gasteiger charge is -2.18. The number of aliphatic imine (C=N–C) groups is 1. The zero-order valence-electron chi connectivity index (χ0n) is 18.9. The second kappa shape index (κ2) is 10.5. The van der Waals surface area contributed by atoms with Crippen molar-refractivity contribution in [3.8, 4) is 0 Å². The van der Waals surface area contributed by atoms with Crippen LogP contribution in [0.3, 0.4) is 0 Å². The van der Waals surface area contributed by atoms with Crippen LogP contribution in [0.2, 0.25) is 0 Å². The van der Waals surface area contributed by atoms with Gasteiger partial charge in [0.2, 0.25) is 5.91 Å². The number of halogens is 1. The van der Waals surface area contributed by atoms with Gasteiger partial charge in [-0.1, -0.05) is 74.1 Å². The molecule has 7 heteroatoms. The van der Waals surface area contributed by atoms with Crippen molar-refractivity contribution >= 4 is 46.2 Å². The summed E-state index contributed by atoms with van der Waals surface area (Å²) in [6, 6.07) is 22.7. The lowest BCUT2D eigenvalue weighted by Crippen LogP contribution is -2.31. The van der Waals surface area contributed by atoms with Gasteiger partial charge in [-0.05, 0) is 53.5 Å². The van der Waals surface area contributed by atoms with Crippen molar-refractivity contribution in [1.82, 2.24) is 0 Å². The maximum atomic E-state index is 13.5. The van der Waals surface area contributed by atoms with Gasteiger partial charge in [0.05, 0.1) is 11.4 Å². The van der Waals surface area contributed by atoms with Crippen LogP contribution < -0.4 is 10.2 Å². The maximum absolute atomic E-state index is 13.5. The van der Waals surface area contributed by atoms with Gasteiger partial charge in [0.25, 0.3) is 5.91 Å². The third kappa shape index (κ3) is 5.43. The van der Waals surface area contributed by atoms with E-state index in [4.69, 9.17) is 0 Å². The molecule has 5 nitrogen and oxygen atoms in total. The molecule has 4 rings (SSSR count). The normalized spacial score (nSPS) is 14.6. The van der Waals surface area contributed by atoms with Gasteiger partial charge in [-0.25, -0.2) is 9.38 Å². The maximum Gasteiger partial charge on any atom is 0.283 e. The van der Waals surface area contributed by atoms with E-state index in [-0.39, 0.29) is 29.2 Å². The third-order valence-corrected chi connectivity index (χ3v) is 6.15. The number of hydrogen-bond acceptors (Lipinski definition) is 4. The highest BCUT2D eigenvalue weighted by molar-refractivity contribution is 8.14. The van der Waals surface area contributed by atoms with Gasteiger partial charge in [-0.15, -0.1) is 0 Å². The molecule has 1 aliphatic heterocycles. The van der Waals surface area contributed by atoms with Crippen LogP contribution in [0.25, 0.3) is 6.08 Å². The molecule has 0 saturated carbocycles. The van der Waals surface area contributed by atoms with E-state index in [2.05, 4.69) is 24.2 Å². The molecule has 34 heavy (non-hydrogen) atoms. The van der Waals surface area contributed by atoms with Crippen molar-refractivity contribution in [1.29, 1.82) is 0 Å². The number of anilines is 2. The average Bonchev–Trinajstić information content (AvgIpc) is 3.14. The summed E-state index contributed by atoms with van der Waals surface area (Å²) in [7, 11) is 0. The minimum Gasteiger partial charge on any atom is -0.325 e. The molecule has 0 spiro atoms. The molecule has 0 fully saturated rings. The summed E-state index contributed by atoms with van der Waals surface area (Å²) in [5, 5.41) is 3.32. The van der Waals surface area contributed by atoms with Gasteiger partial charge in [-0.2, -0.15) is 0 Å². The molecule has 0 unspecified atom stereocenters. The van der Waals surface area contributed by atoms with E-state index in [0.717, 1.165) is 28.6 Å². The molecule has 0 atom stereocenters. The third-order valence-electron chi connectivity index (χ3n) is 5.21. The van der Waals surface area contributed by atoms with Crippen LogP contribution >= 0.6 is 11.8 Å². The fourth-order valence-corrected chi connectivity index (χ4v) is 4.36. The fourth-order valence-electron chi connectivity index (χ4n) is 3.55. The van der Waals surface area contributed by atoms with E-state index in [9.17, 15) is 14.0 Å². The molecule has 3 aromatic rings. The molecule has 0 aliphatic carbocycles. The van der Waals surface area contributed by atoms with Crippen LogP contribution in [0, 0.1) is 5.82 Å². The number of thioether (sulfide) groups is 1. The van der Waals surface area contributed by atoms with Crippen molar-refractivity contribution in [2.24, 2.45) is 4.99 Å². The largest absolute Gasteiger partial charge is 0.325 e. The van der Waals surface area contributed by atoms with Crippen molar-refractivity contribution in [3.63, 3.8) is 0 Å². The van der Waals surface area contributed by atoms with Crippen LogP contribution in [-0.2, 0) is 9.59 Å². The van der Waals surface area contributed by atoms with Crippen molar-refractivity contribution < 1.29 is 14.0 Å². The molecule has 1 N–H and O–H groups in total. The first-order valence-corrected chi connectivity index (χ1v) is 11.9. The number of para-hydroxylation sites is 1. The first kappa shape index (κ1) is 23.4. The Balaban J connectivity index is 1.56. The SMILES string of the molecule is CC(C)c1ccccc1NC(=O)CSC1=N/C(=C\c2ccccc2)C(=O)N1c1ccc(F)cc1. The molecule has 2 amide bonds. The second-order valence-electron chi connectivity index (χ2n) is 8.03. The molecular formula is C27H24FN3O2S. The first-order chi connectivity index (χ1) is 16.4. The topological polar surface area (TPSA) is 61.8 Å². The first-order valence-electron chi connectivity index (χ1n) is 10.9. The smallest absolute Gasteiger partial charge is 0.283 e. The van der Waals surface area contributed by atoms with Crippen LogP contribution in [0.15, 0.2) is 89.6 Å². The Morgan fingerprint density at radius 1 is 1.03 bits per heavy atom. The van der Waals surface area contributed by atoms with Crippen LogP contribution in [-0.4, -0.2) is 22.7 Å². The number of nitrogens with zero attached hydrogens (tertiary/aromatic N) is 2. The van der Waals surface area contributed by atoms with Gasteiger partial charge in [0.15, 0.2) is 5.17 Å². The van der Waals surface area contributed by atoms with Crippen molar-refractivity contribution in [2.45, 2.75) is 19.8 Å². The van der Waals surface area contributed by atoms with Gasteiger partial charge >= 0.3 is 0 Å². The average molecular weight is 474 g/mol. The number of nitrogens with one attached hydrogen (secondary N) is 1. The van der Waals surface area contributed by atoms with Gasteiger partial charge < -0.3 is 5.32 Å². The Hall–Kier alpha value is -3.71. The number of carbonyl (C=O) groups excluding carboxylic acids is 2. The molecular weight excluding hydrogens is 449 g/mol. The molecule has 1 heterocycles. The minimum atomic E-state index is -0.398. The van der Waals surface area contributed by atoms with Crippen molar-refractivity contribution in [3.05, 3.63) is 102 Å². The van der Waals surface area contributed by atoms with Crippen molar-refractivity contribution in [2.75, 3.05) is 16.0 Å². The quantitative estimate of drug-likeness (QED) is 0.443. The predicted octanol–water partition coefficient (Wildman–Crippen LogP) is 6.06. The lowest BCUT2D eigenvalue weighted by molar-refractivity contribution is -0.114.